The van der Waals surface area contributed by atoms with Crippen molar-refractivity contribution in [1.29, 1.82) is 0 Å². The van der Waals surface area contributed by atoms with Gasteiger partial charge in [-0.25, -0.2) is 5.43 Å². The SMILES string of the molecule is COc1ccc(CC(=O)N/N=C/c2ccc(C)s2)cc1OC. The first kappa shape index (κ1) is 16.0. The second-order valence-corrected chi connectivity index (χ2v) is 5.93. The average Bonchev–Trinajstić information content (AvgIpc) is 2.92. The number of benzene rings is 1. The highest BCUT2D eigenvalue weighted by Crippen LogP contribution is 2.27. The monoisotopic (exact) mass is 318 g/mol. The zero-order valence-electron chi connectivity index (χ0n) is 12.8. The van der Waals surface area contributed by atoms with Gasteiger partial charge in [-0.05, 0) is 36.8 Å². The largest absolute Gasteiger partial charge is 0.493 e. The quantitative estimate of drug-likeness (QED) is 0.658. The number of rotatable bonds is 6. The topological polar surface area (TPSA) is 59.9 Å². The van der Waals surface area contributed by atoms with Crippen molar-refractivity contribution < 1.29 is 14.3 Å². The smallest absolute Gasteiger partial charge is 0.244 e. The van der Waals surface area contributed by atoms with Gasteiger partial charge in [0, 0.05) is 9.75 Å². The molecule has 0 aliphatic carbocycles. The maximum absolute atomic E-state index is 11.9. The molecule has 1 aromatic carbocycles. The van der Waals surface area contributed by atoms with Crippen LogP contribution in [-0.4, -0.2) is 26.3 Å². The van der Waals surface area contributed by atoms with Gasteiger partial charge in [0.1, 0.15) is 0 Å². The van der Waals surface area contributed by atoms with Crippen molar-refractivity contribution in [2.45, 2.75) is 13.3 Å². The van der Waals surface area contributed by atoms with E-state index in [0.717, 1.165) is 10.4 Å². The van der Waals surface area contributed by atoms with Gasteiger partial charge < -0.3 is 9.47 Å². The summed E-state index contributed by atoms with van der Waals surface area (Å²) in [5.41, 5.74) is 3.35. The second-order valence-electron chi connectivity index (χ2n) is 4.61. The predicted octanol–water partition coefficient (Wildman–Crippen LogP) is 2.77. The Morgan fingerprint density at radius 2 is 2.00 bits per heavy atom. The number of aryl methyl sites for hydroxylation is 1. The van der Waals surface area contributed by atoms with Crippen LogP contribution in [0.2, 0.25) is 0 Å². The molecule has 1 aromatic heterocycles. The van der Waals surface area contributed by atoms with Crippen LogP contribution in [0.4, 0.5) is 0 Å². The van der Waals surface area contributed by atoms with E-state index in [1.165, 1.54) is 4.88 Å². The predicted molar refractivity (Wildman–Crippen MR) is 88.0 cm³/mol. The summed E-state index contributed by atoms with van der Waals surface area (Å²) in [6.07, 6.45) is 1.87. The molecule has 0 saturated heterocycles. The summed E-state index contributed by atoms with van der Waals surface area (Å²) >= 11 is 1.62. The van der Waals surface area contributed by atoms with E-state index in [-0.39, 0.29) is 12.3 Å². The van der Waals surface area contributed by atoms with E-state index in [9.17, 15) is 4.79 Å². The van der Waals surface area contributed by atoms with E-state index in [1.807, 2.05) is 25.1 Å². The lowest BCUT2D eigenvalue weighted by Gasteiger charge is -2.09. The molecule has 0 unspecified atom stereocenters. The molecule has 0 aliphatic heterocycles. The fourth-order valence-corrected chi connectivity index (χ4v) is 2.66. The van der Waals surface area contributed by atoms with E-state index < -0.39 is 0 Å². The number of methoxy groups -OCH3 is 2. The van der Waals surface area contributed by atoms with Crippen LogP contribution in [0.25, 0.3) is 0 Å². The van der Waals surface area contributed by atoms with Gasteiger partial charge in [0.2, 0.25) is 5.91 Å². The summed E-state index contributed by atoms with van der Waals surface area (Å²) in [6.45, 7) is 2.03. The summed E-state index contributed by atoms with van der Waals surface area (Å²) in [5, 5.41) is 3.96. The van der Waals surface area contributed by atoms with Crippen LogP contribution in [0.15, 0.2) is 35.4 Å². The molecular weight excluding hydrogens is 300 g/mol. The molecule has 1 N–H and O–H groups in total. The van der Waals surface area contributed by atoms with Gasteiger partial charge in [-0.15, -0.1) is 11.3 Å². The summed E-state index contributed by atoms with van der Waals surface area (Å²) < 4.78 is 10.4. The van der Waals surface area contributed by atoms with Crippen LogP contribution < -0.4 is 14.9 Å². The van der Waals surface area contributed by atoms with Crippen LogP contribution in [-0.2, 0) is 11.2 Å². The Balaban J connectivity index is 1.93. The van der Waals surface area contributed by atoms with Crippen LogP contribution in [0.5, 0.6) is 11.5 Å². The summed E-state index contributed by atoms with van der Waals surface area (Å²) in [5.74, 6) is 1.06. The van der Waals surface area contributed by atoms with Crippen molar-refractivity contribution in [2.24, 2.45) is 5.10 Å². The third-order valence-corrected chi connectivity index (χ3v) is 3.89. The van der Waals surface area contributed by atoms with Crippen molar-refractivity contribution in [3.8, 4) is 11.5 Å². The number of thiophene rings is 1. The van der Waals surface area contributed by atoms with Gasteiger partial charge in [0.05, 0.1) is 26.9 Å². The first-order chi connectivity index (χ1) is 10.6. The maximum Gasteiger partial charge on any atom is 0.244 e. The van der Waals surface area contributed by atoms with Crippen molar-refractivity contribution in [2.75, 3.05) is 14.2 Å². The third kappa shape index (κ3) is 4.33. The van der Waals surface area contributed by atoms with Gasteiger partial charge in [-0.2, -0.15) is 5.10 Å². The molecule has 1 heterocycles. The molecule has 1 amide bonds. The van der Waals surface area contributed by atoms with E-state index >= 15 is 0 Å². The third-order valence-electron chi connectivity index (χ3n) is 2.95. The van der Waals surface area contributed by atoms with E-state index in [4.69, 9.17) is 9.47 Å². The standard InChI is InChI=1S/C16H18N2O3S/c1-11-4-6-13(22-11)10-17-18-16(19)9-12-5-7-14(20-2)15(8-12)21-3/h4-8,10H,9H2,1-3H3,(H,18,19)/b17-10+. The minimum absolute atomic E-state index is 0.184. The van der Waals surface area contributed by atoms with E-state index in [0.29, 0.717) is 11.5 Å². The number of carbonyl (C=O) groups is 1. The number of carbonyl (C=O) groups excluding carboxylic acids is 1. The van der Waals surface area contributed by atoms with Gasteiger partial charge in [-0.3, -0.25) is 4.79 Å². The summed E-state index contributed by atoms with van der Waals surface area (Å²) in [7, 11) is 3.14. The van der Waals surface area contributed by atoms with Gasteiger partial charge in [0.15, 0.2) is 11.5 Å². The fraction of sp³-hybridized carbons (Fsp3) is 0.250. The van der Waals surface area contributed by atoms with Gasteiger partial charge >= 0.3 is 0 Å². The Hall–Kier alpha value is -2.34. The Morgan fingerprint density at radius 1 is 1.23 bits per heavy atom. The zero-order valence-corrected chi connectivity index (χ0v) is 13.6. The Bertz CT molecular complexity index is 680. The molecule has 0 spiro atoms. The molecule has 0 aliphatic rings. The number of hydrogen-bond donors (Lipinski definition) is 1. The number of nitrogens with one attached hydrogen (secondary N) is 1. The Morgan fingerprint density at radius 3 is 2.64 bits per heavy atom. The number of hydrazone groups is 1. The zero-order chi connectivity index (χ0) is 15.9. The second kappa shape index (κ2) is 7.61. The lowest BCUT2D eigenvalue weighted by Crippen LogP contribution is -2.19. The highest BCUT2D eigenvalue weighted by molar-refractivity contribution is 7.13. The fourth-order valence-electron chi connectivity index (χ4n) is 1.91. The van der Waals surface area contributed by atoms with Crippen molar-refractivity contribution in [3.63, 3.8) is 0 Å². The molecule has 2 rings (SSSR count). The van der Waals surface area contributed by atoms with Crippen molar-refractivity contribution >= 4 is 23.5 Å². The lowest BCUT2D eigenvalue weighted by atomic mass is 10.1. The minimum atomic E-state index is -0.184. The van der Waals surface area contributed by atoms with E-state index in [1.54, 1.807) is 43.9 Å². The average molecular weight is 318 g/mol. The van der Waals surface area contributed by atoms with E-state index in [2.05, 4.69) is 10.5 Å². The van der Waals surface area contributed by atoms with Crippen LogP contribution >= 0.6 is 11.3 Å². The molecular formula is C16H18N2O3S. The van der Waals surface area contributed by atoms with Crippen molar-refractivity contribution in [1.82, 2.24) is 5.43 Å². The molecule has 2 aromatic rings. The molecule has 0 atom stereocenters. The molecule has 6 heteroatoms. The molecule has 5 nitrogen and oxygen atoms in total. The van der Waals surface area contributed by atoms with Gasteiger partial charge in [0.25, 0.3) is 0 Å². The maximum atomic E-state index is 11.9. The number of amides is 1. The highest BCUT2D eigenvalue weighted by Gasteiger charge is 2.07. The van der Waals surface area contributed by atoms with Crippen molar-refractivity contribution in [3.05, 3.63) is 45.6 Å². The summed E-state index contributed by atoms with van der Waals surface area (Å²) in [6, 6.07) is 9.36. The summed E-state index contributed by atoms with van der Waals surface area (Å²) in [4.78, 5) is 14.1. The molecule has 0 saturated carbocycles. The molecule has 0 radical (unpaired) electrons. The molecule has 0 bridgehead atoms. The van der Waals surface area contributed by atoms with Gasteiger partial charge in [-0.1, -0.05) is 6.07 Å². The lowest BCUT2D eigenvalue weighted by molar-refractivity contribution is -0.120. The minimum Gasteiger partial charge on any atom is -0.493 e. The molecule has 116 valence electrons. The molecule has 22 heavy (non-hydrogen) atoms. The molecule has 0 fully saturated rings. The number of hydrogen-bond acceptors (Lipinski definition) is 5. The number of ether oxygens (including phenoxy) is 2. The Kier molecular flexibility index (Phi) is 5.55. The van der Waals surface area contributed by atoms with Crippen LogP contribution in [0.3, 0.4) is 0 Å². The number of nitrogens with zero attached hydrogens (tertiary/aromatic N) is 1. The first-order valence-corrected chi connectivity index (χ1v) is 7.53. The van der Waals surface area contributed by atoms with Crippen LogP contribution in [0, 0.1) is 6.92 Å². The Labute approximate surface area is 133 Å². The highest BCUT2D eigenvalue weighted by atomic mass is 32.1. The van der Waals surface area contributed by atoms with Crippen LogP contribution in [0.1, 0.15) is 15.3 Å². The normalized spacial score (nSPS) is 10.7. The first-order valence-electron chi connectivity index (χ1n) is 6.71.